The summed E-state index contributed by atoms with van der Waals surface area (Å²) in [5, 5.41) is 19.5. The third kappa shape index (κ3) is 3.85. The lowest BCUT2D eigenvalue weighted by Crippen LogP contribution is -2.53. The Morgan fingerprint density at radius 2 is 1.84 bits per heavy atom. The molecule has 2 saturated heterocycles. The molecule has 0 aliphatic carbocycles. The van der Waals surface area contributed by atoms with E-state index in [-0.39, 0.29) is 23.8 Å². The maximum atomic E-state index is 12.6. The first-order valence-electron chi connectivity index (χ1n) is 8.95. The summed E-state index contributed by atoms with van der Waals surface area (Å²) in [6, 6.07) is 8.99. The number of likely N-dealkylation sites (tertiary alicyclic amines) is 2. The molecule has 1 spiro atoms. The number of benzene rings is 1. The summed E-state index contributed by atoms with van der Waals surface area (Å²) < 4.78 is 0. The summed E-state index contributed by atoms with van der Waals surface area (Å²) in [5.41, 5.74) is 0.655. The van der Waals surface area contributed by atoms with Crippen LogP contribution in [-0.4, -0.2) is 64.6 Å². The molecule has 0 bridgehead atoms. The van der Waals surface area contributed by atoms with Crippen molar-refractivity contribution in [1.29, 1.82) is 0 Å². The van der Waals surface area contributed by atoms with Gasteiger partial charge in [0.1, 0.15) is 0 Å². The van der Waals surface area contributed by atoms with Gasteiger partial charge in [-0.25, -0.2) is 0 Å². The average Bonchev–Trinajstić information content (AvgIpc) is 2.65. The molecular formula is C19H26N2O4. The standard InChI is InChI=1S/C19H26N2O4/c22-13-12-21-14-19(7-6-16(21)23)8-10-20(11-9-19)18(25)17(24)15-4-2-1-3-5-15/h1-5,17,22,24H,6-14H2/t17-/m1/s1. The van der Waals surface area contributed by atoms with Gasteiger partial charge in [0.15, 0.2) is 6.10 Å². The lowest BCUT2D eigenvalue weighted by atomic mass is 9.72. The summed E-state index contributed by atoms with van der Waals surface area (Å²) in [4.78, 5) is 28.0. The van der Waals surface area contributed by atoms with Crippen LogP contribution in [0.15, 0.2) is 30.3 Å². The Hall–Kier alpha value is -1.92. The number of carbonyl (C=O) groups is 2. The second-order valence-electron chi connectivity index (χ2n) is 7.18. The van der Waals surface area contributed by atoms with Crippen molar-refractivity contribution in [2.24, 2.45) is 5.41 Å². The molecule has 136 valence electrons. The summed E-state index contributed by atoms with van der Waals surface area (Å²) in [7, 11) is 0. The van der Waals surface area contributed by atoms with E-state index in [1.165, 1.54) is 0 Å². The lowest BCUT2D eigenvalue weighted by molar-refractivity contribution is -0.147. The molecule has 6 nitrogen and oxygen atoms in total. The lowest BCUT2D eigenvalue weighted by Gasteiger charge is -2.47. The van der Waals surface area contributed by atoms with E-state index in [1.807, 2.05) is 18.2 Å². The van der Waals surface area contributed by atoms with Crippen molar-refractivity contribution in [3.05, 3.63) is 35.9 Å². The predicted molar refractivity (Wildman–Crippen MR) is 92.5 cm³/mol. The van der Waals surface area contributed by atoms with Crippen LogP contribution < -0.4 is 0 Å². The Kier molecular flexibility index (Phi) is 5.39. The summed E-state index contributed by atoms with van der Waals surface area (Å²) in [6.45, 7) is 2.23. The van der Waals surface area contributed by atoms with Gasteiger partial charge in [-0.2, -0.15) is 0 Å². The molecule has 25 heavy (non-hydrogen) atoms. The molecule has 2 N–H and O–H groups in total. The van der Waals surface area contributed by atoms with E-state index in [0.29, 0.717) is 38.2 Å². The molecule has 3 rings (SSSR count). The SMILES string of the molecule is O=C1CCC2(CCN(C(=O)[C@H](O)c3ccccc3)CC2)CN1CCO. The molecule has 2 amide bonds. The summed E-state index contributed by atoms with van der Waals surface area (Å²) >= 11 is 0. The molecule has 0 aromatic heterocycles. The van der Waals surface area contributed by atoms with Gasteiger partial charge in [0.25, 0.3) is 5.91 Å². The molecule has 1 aromatic rings. The third-order valence-corrected chi connectivity index (χ3v) is 5.60. The summed E-state index contributed by atoms with van der Waals surface area (Å²) in [5.74, 6) is -0.141. The minimum atomic E-state index is -1.12. The van der Waals surface area contributed by atoms with E-state index in [2.05, 4.69) is 0 Å². The van der Waals surface area contributed by atoms with E-state index in [4.69, 9.17) is 5.11 Å². The number of β-amino-alcohol motifs (C(OH)–C–C–N with tert-alkyl or cyclic N) is 1. The molecule has 2 aliphatic rings. The van der Waals surface area contributed by atoms with Gasteiger partial charge in [0.05, 0.1) is 6.61 Å². The zero-order chi connectivity index (χ0) is 17.9. The van der Waals surface area contributed by atoms with Gasteiger partial charge in [-0.05, 0) is 30.2 Å². The smallest absolute Gasteiger partial charge is 0.256 e. The van der Waals surface area contributed by atoms with Crippen molar-refractivity contribution in [3.8, 4) is 0 Å². The first-order valence-corrected chi connectivity index (χ1v) is 8.95. The van der Waals surface area contributed by atoms with Crippen molar-refractivity contribution in [3.63, 3.8) is 0 Å². The third-order valence-electron chi connectivity index (χ3n) is 5.60. The van der Waals surface area contributed by atoms with Crippen LogP contribution in [0.1, 0.15) is 37.4 Å². The quantitative estimate of drug-likeness (QED) is 0.850. The molecule has 0 radical (unpaired) electrons. The highest BCUT2D eigenvalue weighted by atomic mass is 16.3. The number of hydrogen-bond donors (Lipinski definition) is 2. The van der Waals surface area contributed by atoms with E-state index in [9.17, 15) is 14.7 Å². The van der Waals surface area contributed by atoms with E-state index in [1.54, 1.807) is 21.9 Å². The maximum Gasteiger partial charge on any atom is 0.256 e. The Balaban J connectivity index is 1.60. The number of amides is 2. The number of piperidine rings is 2. The molecule has 0 unspecified atom stereocenters. The second-order valence-corrected chi connectivity index (χ2v) is 7.18. The molecule has 1 aromatic carbocycles. The van der Waals surface area contributed by atoms with Crippen LogP contribution >= 0.6 is 0 Å². The van der Waals surface area contributed by atoms with Gasteiger partial charge in [-0.1, -0.05) is 30.3 Å². The van der Waals surface area contributed by atoms with Gasteiger partial charge < -0.3 is 20.0 Å². The zero-order valence-electron chi connectivity index (χ0n) is 14.4. The van der Waals surface area contributed by atoms with Crippen LogP contribution in [0.5, 0.6) is 0 Å². The first kappa shape index (κ1) is 17.9. The number of aliphatic hydroxyl groups excluding tert-OH is 2. The Bertz CT molecular complexity index is 611. The highest BCUT2D eigenvalue weighted by Crippen LogP contribution is 2.40. The van der Waals surface area contributed by atoms with Gasteiger partial charge in [-0.15, -0.1) is 0 Å². The molecule has 6 heteroatoms. The van der Waals surface area contributed by atoms with Crippen LogP contribution in [0.4, 0.5) is 0 Å². The van der Waals surface area contributed by atoms with Crippen molar-refractivity contribution < 1.29 is 19.8 Å². The van der Waals surface area contributed by atoms with Crippen molar-refractivity contribution >= 4 is 11.8 Å². The maximum absolute atomic E-state index is 12.6. The second kappa shape index (κ2) is 7.54. The first-order chi connectivity index (χ1) is 12.0. The van der Waals surface area contributed by atoms with Crippen LogP contribution in [0, 0.1) is 5.41 Å². The Morgan fingerprint density at radius 1 is 1.16 bits per heavy atom. The van der Waals surface area contributed by atoms with Gasteiger partial charge >= 0.3 is 0 Å². The molecule has 1 atom stereocenters. The van der Waals surface area contributed by atoms with Gasteiger partial charge in [-0.3, -0.25) is 9.59 Å². The normalized spacial score (nSPS) is 21.4. The number of nitrogens with zero attached hydrogens (tertiary/aromatic N) is 2. The largest absolute Gasteiger partial charge is 0.395 e. The number of carbonyl (C=O) groups excluding carboxylic acids is 2. The Labute approximate surface area is 148 Å². The Morgan fingerprint density at radius 3 is 2.48 bits per heavy atom. The van der Waals surface area contributed by atoms with Crippen LogP contribution in [-0.2, 0) is 9.59 Å². The molecule has 2 heterocycles. The van der Waals surface area contributed by atoms with E-state index in [0.717, 1.165) is 19.3 Å². The average molecular weight is 346 g/mol. The summed E-state index contributed by atoms with van der Waals surface area (Å²) in [6.07, 6.45) is 1.90. The van der Waals surface area contributed by atoms with Gasteiger partial charge in [0.2, 0.25) is 5.91 Å². The van der Waals surface area contributed by atoms with Crippen LogP contribution in [0.3, 0.4) is 0 Å². The van der Waals surface area contributed by atoms with Crippen molar-refractivity contribution in [2.45, 2.75) is 31.8 Å². The van der Waals surface area contributed by atoms with Crippen molar-refractivity contribution in [1.82, 2.24) is 9.80 Å². The van der Waals surface area contributed by atoms with E-state index < -0.39 is 6.10 Å². The van der Waals surface area contributed by atoms with Gasteiger partial charge in [0, 0.05) is 32.6 Å². The zero-order valence-corrected chi connectivity index (χ0v) is 14.4. The minimum Gasteiger partial charge on any atom is -0.395 e. The van der Waals surface area contributed by atoms with E-state index >= 15 is 0 Å². The fourth-order valence-corrected chi connectivity index (χ4v) is 3.99. The minimum absolute atomic E-state index is 0.0182. The monoisotopic (exact) mass is 346 g/mol. The highest BCUT2D eigenvalue weighted by molar-refractivity contribution is 5.82. The van der Waals surface area contributed by atoms with Crippen LogP contribution in [0.2, 0.25) is 0 Å². The molecule has 0 saturated carbocycles. The predicted octanol–water partition coefficient (Wildman–Crippen LogP) is 0.943. The topological polar surface area (TPSA) is 81.1 Å². The highest BCUT2D eigenvalue weighted by Gasteiger charge is 2.42. The fraction of sp³-hybridized carbons (Fsp3) is 0.579. The molecule has 2 aliphatic heterocycles. The fourth-order valence-electron chi connectivity index (χ4n) is 3.99. The molecular weight excluding hydrogens is 320 g/mol. The number of hydrogen-bond acceptors (Lipinski definition) is 4. The molecule has 2 fully saturated rings. The van der Waals surface area contributed by atoms with Crippen molar-refractivity contribution in [2.75, 3.05) is 32.8 Å². The van der Waals surface area contributed by atoms with Crippen LogP contribution in [0.25, 0.3) is 0 Å². The number of rotatable bonds is 4. The number of aliphatic hydroxyl groups is 2.